The van der Waals surface area contributed by atoms with Gasteiger partial charge in [-0.2, -0.15) is 0 Å². The molecule has 1 N–H and O–H groups in total. The number of rotatable bonds is 2. The molecule has 1 saturated heterocycles. The van der Waals surface area contributed by atoms with Gasteiger partial charge in [0, 0.05) is 0 Å². The summed E-state index contributed by atoms with van der Waals surface area (Å²) in [5.74, 6) is 0.921. The zero-order valence-electron chi connectivity index (χ0n) is 12.7. The van der Waals surface area contributed by atoms with E-state index in [1.807, 2.05) is 12.1 Å². The van der Waals surface area contributed by atoms with E-state index in [2.05, 4.69) is 5.32 Å². The van der Waals surface area contributed by atoms with E-state index in [0.717, 1.165) is 10.5 Å². The van der Waals surface area contributed by atoms with Gasteiger partial charge < -0.3 is 14.8 Å². The summed E-state index contributed by atoms with van der Waals surface area (Å²) in [6.45, 7) is 1.01. The standard InChI is InChI=1S/C18H14N2O4/c21-17-14(19-18(22)20(17)13-4-2-1-3-5-13)10-12-6-7-15-16(11-12)24-9-8-23-15/h1-7,10-11H,8-9H2,(H,19,22)/b14-10+. The van der Waals surface area contributed by atoms with Crippen molar-refractivity contribution in [2.24, 2.45) is 0 Å². The largest absolute Gasteiger partial charge is 0.486 e. The number of hydrogen-bond acceptors (Lipinski definition) is 4. The van der Waals surface area contributed by atoms with Crippen molar-refractivity contribution < 1.29 is 19.1 Å². The lowest BCUT2D eigenvalue weighted by Crippen LogP contribution is -2.30. The first-order chi connectivity index (χ1) is 11.7. The summed E-state index contributed by atoms with van der Waals surface area (Å²) in [6.07, 6.45) is 1.63. The molecule has 0 radical (unpaired) electrons. The minimum absolute atomic E-state index is 0.223. The van der Waals surface area contributed by atoms with Crippen molar-refractivity contribution in [3.63, 3.8) is 0 Å². The predicted molar refractivity (Wildman–Crippen MR) is 87.9 cm³/mol. The molecule has 24 heavy (non-hydrogen) atoms. The molecule has 0 aliphatic carbocycles. The van der Waals surface area contributed by atoms with Crippen molar-refractivity contribution in [3.05, 3.63) is 59.8 Å². The Morgan fingerprint density at radius 2 is 1.71 bits per heavy atom. The highest BCUT2D eigenvalue weighted by molar-refractivity contribution is 6.28. The highest BCUT2D eigenvalue weighted by atomic mass is 16.6. The van der Waals surface area contributed by atoms with Crippen LogP contribution in [0.4, 0.5) is 10.5 Å². The van der Waals surface area contributed by atoms with Crippen LogP contribution in [0.2, 0.25) is 0 Å². The van der Waals surface area contributed by atoms with E-state index in [1.165, 1.54) is 0 Å². The lowest BCUT2D eigenvalue weighted by Gasteiger charge is -2.18. The van der Waals surface area contributed by atoms with Crippen LogP contribution in [-0.2, 0) is 4.79 Å². The molecule has 0 aromatic heterocycles. The molecule has 2 aromatic rings. The normalized spacial score (nSPS) is 18.0. The van der Waals surface area contributed by atoms with Gasteiger partial charge in [0.05, 0.1) is 5.69 Å². The van der Waals surface area contributed by atoms with Gasteiger partial charge in [0.2, 0.25) is 0 Å². The number of anilines is 1. The average Bonchev–Trinajstić information content (AvgIpc) is 2.89. The van der Waals surface area contributed by atoms with E-state index in [-0.39, 0.29) is 11.6 Å². The van der Waals surface area contributed by atoms with Gasteiger partial charge in [-0.05, 0) is 35.9 Å². The van der Waals surface area contributed by atoms with E-state index >= 15 is 0 Å². The first-order valence-electron chi connectivity index (χ1n) is 7.54. The van der Waals surface area contributed by atoms with Crippen molar-refractivity contribution in [1.29, 1.82) is 0 Å². The number of amides is 3. The van der Waals surface area contributed by atoms with Gasteiger partial charge in [-0.3, -0.25) is 4.79 Å². The minimum atomic E-state index is -0.463. The molecule has 2 heterocycles. The lowest BCUT2D eigenvalue weighted by atomic mass is 10.1. The molecule has 6 nitrogen and oxygen atoms in total. The number of nitrogens with zero attached hydrogens (tertiary/aromatic N) is 1. The molecular weight excluding hydrogens is 308 g/mol. The van der Waals surface area contributed by atoms with Crippen molar-refractivity contribution in [3.8, 4) is 11.5 Å². The smallest absolute Gasteiger partial charge is 0.333 e. The molecule has 6 heteroatoms. The maximum absolute atomic E-state index is 12.5. The average molecular weight is 322 g/mol. The molecule has 0 unspecified atom stereocenters. The Bertz CT molecular complexity index is 845. The number of imide groups is 1. The van der Waals surface area contributed by atoms with Crippen LogP contribution in [0.5, 0.6) is 11.5 Å². The third kappa shape index (κ3) is 2.48. The summed E-state index contributed by atoms with van der Waals surface area (Å²) in [4.78, 5) is 25.8. The molecule has 0 atom stereocenters. The Morgan fingerprint density at radius 1 is 0.958 bits per heavy atom. The maximum atomic E-state index is 12.5. The molecule has 0 spiro atoms. The van der Waals surface area contributed by atoms with Crippen molar-refractivity contribution in [2.75, 3.05) is 18.1 Å². The van der Waals surface area contributed by atoms with Gasteiger partial charge in [0.15, 0.2) is 11.5 Å². The quantitative estimate of drug-likeness (QED) is 0.681. The monoisotopic (exact) mass is 322 g/mol. The number of urea groups is 1. The molecule has 1 fully saturated rings. The number of para-hydroxylation sites is 1. The van der Waals surface area contributed by atoms with Crippen LogP contribution in [0.3, 0.4) is 0 Å². The molecule has 4 rings (SSSR count). The first-order valence-corrected chi connectivity index (χ1v) is 7.54. The lowest BCUT2D eigenvalue weighted by molar-refractivity contribution is -0.113. The van der Waals surface area contributed by atoms with Crippen molar-refractivity contribution >= 4 is 23.7 Å². The van der Waals surface area contributed by atoms with Crippen LogP contribution in [0, 0.1) is 0 Å². The van der Waals surface area contributed by atoms with Crippen LogP contribution in [0.25, 0.3) is 6.08 Å². The fraction of sp³-hybridized carbons (Fsp3) is 0.111. The van der Waals surface area contributed by atoms with Gasteiger partial charge >= 0.3 is 6.03 Å². The Kier molecular flexibility index (Phi) is 3.42. The number of fused-ring (bicyclic) bond motifs is 1. The molecular formula is C18H14N2O4. The number of nitrogens with one attached hydrogen (secondary N) is 1. The highest BCUT2D eigenvalue weighted by Gasteiger charge is 2.34. The summed E-state index contributed by atoms with van der Waals surface area (Å²) in [5.41, 5.74) is 1.50. The van der Waals surface area contributed by atoms with Crippen LogP contribution in [0.1, 0.15) is 5.56 Å². The molecule has 2 aromatic carbocycles. The number of ether oxygens (including phenoxy) is 2. The van der Waals surface area contributed by atoms with Gasteiger partial charge in [0.1, 0.15) is 18.9 Å². The first kappa shape index (κ1) is 14.3. The third-order valence-corrected chi connectivity index (χ3v) is 3.77. The molecule has 120 valence electrons. The predicted octanol–water partition coefficient (Wildman–Crippen LogP) is 2.56. The van der Waals surface area contributed by atoms with E-state index in [0.29, 0.717) is 30.4 Å². The summed E-state index contributed by atoms with van der Waals surface area (Å²) >= 11 is 0. The number of hydrogen-bond donors (Lipinski definition) is 1. The zero-order chi connectivity index (χ0) is 16.5. The molecule has 2 aliphatic rings. The summed E-state index contributed by atoms with van der Waals surface area (Å²) in [7, 11) is 0. The van der Waals surface area contributed by atoms with Crippen LogP contribution in [0.15, 0.2) is 54.2 Å². The minimum Gasteiger partial charge on any atom is -0.486 e. The summed E-state index contributed by atoms with van der Waals surface area (Å²) in [5, 5.41) is 2.61. The highest BCUT2D eigenvalue weighted by Crippen LogP contribution is 2.31. The Labute approximate surface area is 138 Å². The fourth-order valence-electron chi connectivity index (χ4n) is 2.66. The molecule has 0 saturated carbocycles. The SMILES string of the molecule is O=C1N/C(=C/c2ccc3c(c2)OCCO3)C(=O)N1c1ccccc1. The summed E-state index contributed by atoms with van der Waals surface area (Å²) < 4.78 is 11.0. The van der Waals surface area contributed by atoms with E-state index in [9.17, 15) is 9.59 Å². The fourth-order valence-corrected chi connectivity index (χ4v) is 2.66. The number of carbonyl (C=O) groups is 2. The Balaban J connectivity index is 1.64. The van der Waals surface area contributed by atoms with Crippen LogP contribution >= 0.6 is 0 Å². The molecule has 3 amide bonds. The maximum Gasteiger partial charge on any atom is 0.333 e. The molecule has 0 bridgehead atoms. The van der Waals surface area contributed by atoms with Gasteiger partial charge in [-0.15, -0.1) is 0 Å². The second kappa shape index (κ2) is 5.73. The third-order valence-electron chi connectivity index (χ3n) is 3.77. The van der Waals surface area contributed by atoms with Gasteiger partial charge in [-0.25, -0.2) is 9.69 Å². The Hall–Kier alpha value is -3.28. The second-order valence-corrected chi connectivity index (χ2v) is 5.37. The van der Waals surface area contributed by atoms with Crippen molar-refractivity contribution in [1.82, 2.24) is 5.32 Å². The molecule has 2 aliphatic heterocycles. The van der Waals surface area contributed by atoms with E-state index < -0.39 is 6.03 Å². The van der Waals surface area contributed by atoms with E-state index in [4.69, 9.17) is 9.47 Å². The van der Waals surface area contributed by atoms with Crippen molar-refractivity contribution in [2.45, 2.75) is 0 Å². The topological polar surface area (TPSA) is 67.9 Å². The summed E-state index contributed by atoms with van der Waals surface area (Å²) in [6, 6.07) is 13.7. The number of carbonyl (C=O) groups excluding carboxylic acids is 2. The number of benzene rings is 2. The van der Waals surface area contributed by atoms with Crippen LogP contribution in [-0.4, -0.2) is 25.2 Å². The van der Waals surface area contributed by atoms with Gasteiger partial charge in [-0.1, -0.05) is 24.3 Å². The van der Waals surface area contributed by atoms with E-state index in [1.54, 1.807) is 42.5 Å². The second-order valence-electron chi connectivity index (χ2n) is 5.37. The Morgan fingerprint density at radius 3 is 2.50 bits per heavy atom. The van der Waals surface area contributed by atoms with Gasteiger partial charge in [0.25, 0.3) is 5.91 Å². The zero-order valence-corrected chi connectivity index (χ0v) is 12.7. The van der Waals surface area contributed by atoms with Crippen LogP contribution < -0.4 is 19.7 Å².